The van der Waals surface area contributed by atoms with Gasteiger partial charge < -0.3 is 5.11 Å². The van der Waals surface area contributed by atoms with Crippen molar-refractivity contribution in [3.63, 3.8) is 0 Å². The molecule has 0 aliphatic carbocycles. The number of carbonyl (C=O) groups excluding carboxylic acids is 1. The summed E-state index contributed by atoms with van der Waals surface area (Å²) < 4.78 is 0. The molecule has 0 aromatic heterocycles. The Morgan fingerprint density at radius 2 is 2.17 bits per heavy atom. The van der Waals surface area contributed by atoms with Crippen LogP contribution in [-0.2, 0) is 14.6 Å². The average Bonchev–Trinajstić information content (AvgIpc) is 2.54. The number of carbonyl (C=O) groups is 2. The molecule has 0 bridgehead atoms. The van der Waals surface area contributed by atoms with Gasteiger partial charge in [0.2, 0.25) is 0 Å². The molecular weight excluding hydrogens is 304 g/mol. The van der Waals surface area contributed by atoms with Crippen molar-refractivity contribution in [2.75, 3.05) is 13.3 Å². The highest BCUT2D eigenvalue weighted by Gasteiger charge is 2.22. The second kappa shape index (κ2) is 10.1. The summed E-state index contributed by atoms with van der Waals surface area (Å²) in [7, 11) is 0. The van der Waals surface area contributed by atoms with E-state index in [-0.39, 0.29) is 31.0 Å². The number of Topliss-reactive ketones (excluding diaryl/α,β-unsaturated/α-hetero) is 1. The second-order valence-corrected chi connectivity index (χ2v) is 4.26. The molecule has 0 saturated heterocycles. The zero-order chi connectivity index (χ0) is 17.1. The standard InChI is InChI=1S/C14H16N4O5/c1-2-7-22-23-9-16-12(14(20)21)8-13(19)10-5-3-4-6-11(10)17-18-15/h2-6,12,16H,1,7-9H2,(H,20,21). The number of carboxylic acid groups (broad SMARTS) is 1. The molecule has 0 fully saturated rings. The van der Waals surface area contributed by atoms with Crippen molar-refractivity contribution in [3.8, 4) is 0 Å². The number of hydrogen-bond acceptors (Lipinski definition) is 6. The van der Waals surface area contributed by atoms with Crippen LogP contribution in [0.4, 0.5) is 5.69 Å². The molecule has 0 heterocycles. The van der Waals surface area contributed by atoms with Gasteiger partial charge in [0.25, 0.3) is 0 Å². The Labute approximate surface area is 132 Å². The van der Waals surface area contributed by atoms with Crippen molar-refractivity contribution in [1.82, 2.24) is 5.32 Å². The van der Waals surface area contributed by atoms with Gasteiger partial charge in [-0.15, -0.1) is 6.58 Å². The van der Waals surface area contributed by atoms with Gasteiger partial charge in [-0.05, 0) is 5.53 Å². The van der Waals surface area contributed by atoms with Gasteiger partial charge in [0, 0.05) is 22.6 Å². The van der Waals surface area contributed by atoms with Gasteiger partial charge >= 0.3 is 5.97 Å². The molecule has 1 unspecified atom stereocenters. The fourth-order valence-corrected chi connectivity index (χ4v) is 1.66. The summed E-state index contributed by atoms with van der Waals surface area (Å²) in [6.45, 7) is 3.36. The SMILES string of the molecule is C=CCOOCNC(CC(=O)c1ccccc1N=[N+]=[N-])C(=O)O. The summed E-state index contributed by atoms with van der Waals surface area (Å²) in [4.78, 5) is 35.4. The van der Waals surface area contributed by atoms with E-state index in [1.165, 1.54) is 18.2 Å². The summed E-state index contributed by atoms with van der Waals surface area (Å²) in [5.74, 6) is -1.69. The molecule has 1 atom stereocenters. The van der Waals surface area contributed by atoms with E-state index in [0.717, 1.165) is 0 Å². The van der Waals surface area contributed by atoms with Crippen LogP contribution in [0.5, 0.6) is 0 Å². The maximum Gasteiger partial charge on any atom is 0.321 e. The van der Waals surface area contributed by atoms with Gasteiger partial charge in [0.15, 0.2) is 5.78 Å². The first kappa shape index (κ1) is 18.3. The lowest BCUT2D eigenvalue weighted by Crippen LogP contribution is -2.39. The van der Waals surface area contributed by atoms with Crippen LogP contribution >= 0.6 is 0 Å². The number of benzene rings is 1. The van der Waals surface area contributed by atoms with E-state index < -0.39 is 17.8 Å². The third kappa shape index (κ3) is 6.29. The van der Waals surface area contributed by atoms with Crippen molar-refractivity contribution >= 4 is 17.4 Å². The Hall–Kier alpha value is -2.71. The minimum absolute atomic E-state index is 0.148. The lowest BCUT2D eigenvalue weighted by atomic mass is 10.0. The molecular formula is C14H16N4O5. The first-order valence-electron chi connectivity index (χ1n) is 6.59. The highest BCUT2D eigenvalue weighted by molar-refractivity contribution is 6.02. The molecule has 0 amide bonds. The Morgan fingerprint density at radius 1 is 1.43 bits per heavy atom. The highest BCUT2D eigenvalue weighted by atomic mass is 17.2. The van der Waals surface area contributed by atoms with E-state index in [0.29, 0.717) is 0 Å². The molecule has 0 radical (unpaired) electrons. The van der Waals surface area contributed by atoms with Crippen molar-refractivity contribution in [3.05, 3.63) is 52.9 Å². The number of nitrogens with zero attached hydrogens (tertiary/aromatic N) is 3. The number of ketones is 1. The topological polar surface area (TPSA) is 134 Å². The van der Waals surface area contributed by atoms with Crippen molar-refractivity contribution < 1.29 is 24.5 Å². The smallest absolute Gasteiger partial charge is 0.321 e. The predicted molar refractivity (Wildman–Crippen MR) is 80.9 cm³/mol. The van der Waals surface area contributed by atoms with E-state index in [2.05, 4.69) is 31.7 Å². The fourth-order valence-electron chi connectivity index (χ4n) is 1.66. The zero-order valence-electron chi connectivity index (χ0n) is 12.2. The van der Waals surface area contributed by atoms with E-state index in [1.54, 1.807) is 12.1 Å². The molecule has 0 aliphatic heterocycles. The quantitative estimate of drug-likeness (QED) is 0.0739. The maximum absolute atomic E-state index is 12.2. The number of azide groups is 1. The molecule has 9 heteroatoms. The van der Waals surface area contributed by atoms with Gasteiger partial charge in [-0.3, -0.25) is 14.9 Å². The number of aliphatic carboxylic acids is 1. The van der Waals surface area contributed by atoms with Crippen molar-refractivity contribution in [2.45, 2.75) is 12.5 Å². The first-order valence-corrected chi connectivity index (χ1v) is 6.59. The molecule has 1 rings (SSSR count). The Bertz CT molecular complexity index is 613. The zero-order valence-corrected chi connectivity index (χ0v) is 12.2. The van der Waals surface area contributed by atoms with E-state index in [1.807, 2.05) is 0 Å². The molecule has 0 aliphatic rings. The third-order valence-electron chi connectivity index (χ3n) is 2.70. The summed E-state index contributed by atoms with van der Waals surface area (Å²) in [6.07, 6.45) is 1.13. The summed E-state index contributed by atoms with van der Waals surface area (Å²) in [5, 5.41) is 15.1. The summed E-state index contributed by atoms with van der Waals surface area (Å²) in [6, 6.07) is 4.98. The molecule has 122 valence electrons. The molecule has 2 N–H and O–H groups in total. The van der Waals surface area contributed by atoms with Crippen LogP contribution < -0.4 is 5.32 Å². The Kier molecular flexibility index (Phi) is 8.04. The molecule has 23 heavy (non-hydrogen) atoms. The van der Waals surface area contributed by atoms with Gasteiger partial charge in [-0.25, -0.2) is 9.78 Å². The highest BCUT2D eigenvalue weighted by Crippen LogP contribution is 2.21. The van der Waals surface area contributed by atoms with Gasteiger partial charge in [0.05, 0.1) is 0 Å². The molecule has 9 nitrogen and oxygen atoms in total. The third-order valence-corrected chi connectivity index (χ3v) is 2.70. The Morgan fingerprint density at radius 3 is 2.83 bits per heavy atom. The second-order valence-electron chi connectivity index (χ2n) is 4.26. The van der Waals surface area contributed by atoms with Gasteiger partial charge in [-0.2, -0.15) is 0 Å². The van der Waals surface area contributed by atoms with Crippen molar-refractivity contribution in [2.24, 2.45) is 5.11 Å². The van der Waals surface area contributed by atoms with Crippen LogP contribution in [0.2, 0.25) is 0 Å². The minimum Gasteiger partial charge on any atom is -0.480 e. The van der Waals surface area contributed by atoms with Crippen LogP contribution in [0.25, 0.3) is 10.4 Å². The monoisotopic (exact) mass is 320 g/mol. The predicted octanol–water partition coefficient (Wildman–Crippen LogP) is 2.34. The van der Waals surface area contributed by atoms with Crippen LogP contribution in [0.3, 0.4) is 0 Å². The van der Waals surface area contributed by atoms with E-state index in [4.69, 9.17) is 10.6 Å². The summed E-state index contributed by atoms with van der Waals surface area (Å²) in [5.41, 5.74) is 8.79. The maximum atomic E-state index is 12.2. The number of carboxylic acids is 1. The fraction of sp³-hybridized carbons (Fsp3) is 0.286. The van der Waals surface area contributed by atoms with Crippen molar-refractivity contribution in [1.29, 1.82) is 0 Å². The Balaban J connectivity index is 2.69. The number of rotatable bonds is 11. The van der Waals surface area contributed by atoms with Crippen LogP contribution in [0.15, 0.2) is 42.0 Å². The summed E-state index contributed by atoms with van der Waals surface area (Å²) >= 11 is 0. The largest absolute Gasteiger partial charge is 0.480 e. The number of nitrogens with one attached hydrogen (secondary N) is 1. The van der Waals surface area contributed by atoms with Crippen LogP contribution in [0, 0.1) is 0 Å². The minimum atomic E-state index is -1.22. The van der Waals surface area contributed by atoms with Crippen LogP contribution in [-0.4, -0.2) is 36.2 Å². The van der Waals surface area contributed by atoms with Crippen LogP contribution in [0.1, 0.15) is 16.8 Å². The molecule has 0 saturated carbocycles. The molecule has 1 aromatic rings. The lowest BCUT2D eigenvalue weighted by Gasteiger charge is -2.14. The van der Waals surface area contributed by atoms with E-state index in [9.17, 15) is 9.59 Å². The van der Waals surface area contributed by atoms with Gasteiger partial charge in [-0.1, -0.05) is 35.5 Å². The molecule has 0 spiro atoms. The molecule has 1 aromatic carbocycles. The normalized spacial score (nSPS) is 11.3. The average molecular weight is 320 g/mol. The van der Waals surface area contributed by atoms with E-state index >= 15 is 0 Å². The van der Waals surface area contributed by atoms with Gasteiger partial charge in [0.1, 0.15) is 19.4 Å². The lowest BCUT2D eigenvalue weighted by molar-refractivity contribution is -0.291. The first-order chi connectivity index (χ1) is 11.1. The number of hydrogen-bond donors (Lipinski definition) is 2.